The van der Waals surface area contributed by atoms with Crippen molar-refractivity contribution < 1.29 is 5.11 Å². The fourth-order valence-corrected chi connectivity index (χ4v) is 3.31. The van der Waals surface area contributed by atoms with Gasteiger partial charge in [0.15, 0.2) is 5.75 Å². The Morgan fingerprint density at radius 3 is 1.83 bits per heavy atom. The van der Waals surface area contributed by atoms with E-state index in [0.29, 0.717) is 6.42 Å². The predicted octanol–water partition coefficient (Wildman–Crippen LogP) is 5.82. The lowest BCUT2D eigenvalue weighted by Crippen LogP contribution is -2.12. The molecule has 0 amide bonds. The Labute approximate surface area is 148 Å². The van der Waals surface area contributed by atoms with Crippen LogP contribution in [0.5, 0.6) is 5.75 Å². The lowest BCUT2D eigenvalue weighted by Gasteiger charge is -2.13. The molecule has 0 aromatic carbocycles. The summed E-state index contributed by atoms with van der Waals surface area (Å²) in [5, 5.41) is 9.84. The second-order valence-electron chi connectivity index (χ2n) is 6.91. The minimum atomic E-state index is -0.266. The van der Waals surface area contributed by atoms with Crippen molar-refractivity contribution in [3.8, 4) is 5.75 Å². The van der Waals surface area contributed by atoms with E-state index in [9.17, 15) is 9.90 Å². The lowest BCUT2D eigenvalue weighted by atomic mass is 10.1. The molecule has 0 spiro atoms. The normalized spacial score (nSPS) is 11.1. The molecule has 0 aliphatic heterocycles. The monoisotopic (exact) mass is 335 g/mol. The van der Waals surface area contributed by atoms with E-state index in [1.807, 2.05) is 17.7 Å². The molecule has 3 heteroatoms. The van der Waals surface area contributed by atoms with Gasteiger partial charge in [0.25, 0.3) is 0 Å². The van der Waals surface area contributed by atoms with Gasteiger partial charge in [-0.2, -0.15) is 0 Å². The molecule has 0 saturated heterocycles. The van der Waals surface area contributed by atoms with Crippen LogP contribution in [0, 0.1) is 0 Å². The maximum atomic E-state index is 11.5. The van der Waals surface area contributed by atoms with E-state index in [4.69, 9.17) is 0 Å². The average Bonchev–Trinajstić information content (AvgIpc) is 2.59. The molecular formula is C21H37NO2. The van der Waals surface area contributed by atoms with Gasteiger partial charge in [0.05, 0.1) is 5.69 Å². The molecule has 1 aromatic rings. The summed E-state index contributed by atoms with van der Waals surface area (Å²) >= 11 is 0. The number of aromatic hydroxyl groups is 1. The summed E-state index contributed by atoms with van der Waals surface area (Å²) in [5.41, 5.74) is 0.503. The standard InChI is InChI=1S/C21H37NO2/c1-3-5-6-7-8-9-10-11-12-13-14-15-17-22-18-16-20(23)21(24)19(22)4-2/h16,18,24H,3-15,17H2,1-2H3. The van der Waals surface area contributed by atoms with Crippen LogP contribution >= 0.6 is 0 Å². The van der Waals surface area contributed by atoms with Crippen LogP contribution in [0.15, 0.2) is 17.1 Å². The van der Waals surface area contributed by atoms with Crippen LogP contribution in [0.3, 0.4) is 0 Å². The van der Waals surface area contributed by atoms with Gasteiger partial charge in [0.1, 0.15) is 0 Å². The Kier molecular flexibility index (Phi) is 11.3. The Morgan fingerprint density at radius 1 is 0.833 bits per heavy atom. The highest BCUT2D eigenvalue weighted by Gasteiger charge is 2.07. The molecular weight excluding hydrogens is 298 g/mol. The van der Waals surface area contributed by atoms with Crippen LogP contribution in [0.4, 0.5) is 0 Å². The molecule has 1 rings (SSSR count). The molecule has 0 unspecified atom stereocenters. The quantitative estimate of drug-likeness (QED) is 0.435. The highest BCUT2D eigenvalue weighted by Crippen LogP contribution is 2.15. The summed E-state index contributed by atoms with van der Waals surface area (Å²) in [5.74, 6) is -0.0704. The van der Waals surface area contributed by atoms with Crippen molar-refractivity contribution in [2.75, 3.05) is 0 Å². The molecule has 3 nitrogen and oxygen atoms in total. The third kappa shape index (κ3) is 8.03. The number of nitrogens with zero attached hydrogens (tertiary/aromatic N) is 1. The Bertz CT molecular complexity index is 493. The van der Waals surface area contributed by atoms with E-state index >= 15 is 0 Å². The molecule has 1 N–H and O–H groups in total. The summed E-state index contributed by atoms with van der Waals surface area (Å²) in [7, 11) is 0. The van der Waals surface area contributed by atoms with Gasteiger partial charge in [-0.25, -0.2) is 0 Å². The molecule has 0 saturated carbocycles. The van der Waals surface area contributed by atoms with Crippen molar-refractivity contribution in [2.45, 2.75) is 104 Å². The SMILES string of the molecule is CCCCCCCCCCCCCCn1ccc(=O)c(O)c1CC. The number of aromatic nitrogens is 1. The fraction of sp³-hybridized carbons (Fsp3) is 0.762. The number of rotatable bonds is 14. The van der Waals surface area contributed by atoms with Gasteiger partial charge in [-0.1, -0.05) is 84.5 Å². The number of aryl methyl sites for hydroxylation is 1. The van der Waals surface area contributed by atoms with Crippen LogP contribution < -0.4 is 5.43 Å². The predicted molar refractivity (Wildman–Crippen MR) is 103 cm³/mol. The van der Waals surface area contributed by atoms with Crippen molar-refractivity contribution in [1.29, 1.82) is 0 Å². The second-order valence-corrected chi connectivity index (χ2v) is 6.91. The highest BCUT2D eigenvalue weighted by atomic mass is 16.3. The van der Waals surface area contributed by atoms with E-state index in [-0.39, 0.29) is 11.2 Å². The Morgan fingerprint density at radius 2 is 1.33 bits per heavy atom. The molecule has 0 bridgehead atoms. The molecule has 0 fully saturated rings. The van der Waals surface area contributed by atoms with Gasteiger partial charge in [0, 0.05) is 18.8 Å². The van der Waals surface area contributed by atoms with E-state index in [2.05, 4.69) is 6.92 Å². The first-order valence-corrected chi connectivity index (χ1v) is 10.1. The first kappa shape index (κ1) is 20.8. The van der Waals surface area contributed by atoms with Crippen LogP contribution in [-0.2, 0) is 13.0 Å². The van der Waals surface area contributed by atoms with Gasteiger partial charge in [-0.3, -0.25) is 4.79 Å². The molecule has 0 aliphatic rings. The van der Waals surface area contributed by atoms with Crippen LogP contribution in [-0.4, -0.2) is 9.67 Å². The van der Waals surface area contributed by atoms with E-state index in [1.54, 1.807) is 0 Å². The van der Waals surface area contributed by atoms with Crippen molar-refractivity contribution in [2.24, 2.45) is 0 Å². The minimum Gasteiger partial charge on any atom is -0.503 e. The average molecular weight is 336 g/mol. The molecule has 0 atom stereocenters. The first-order valence-electron chi connectivity index (χ1n) is 10.1. The minimum absolute atomic E-state index is 0.0704. The van der Waals surface area contributed by atoms with E-state index in [1.165, 1.54) is 76.7 Å². The number of hydrogen-bond donors (Lipinski definition) is 1. The number of hydrogen-bond acceptors (Lipinski definition) is 2. The molecule has 1 heterocycles. The van der Waals surface area contributed by atoms with Gasteiger partial charge >= 0.3 is 0 Å². The summed E-state index contributed by atoms with van der Waals surface area (Å²) in [4.78, 5) is 11.5. The first-order chi connectivity index (χ1) is 11.7. The third-order valence-electron chi connectivity index (χ3n) is 4.85. The summed E-state index contributed by atoms with van der Waals surface area (Å²) in [6.07, 6.45) is 18.6. The smallest absolute Gasteiger partial charge is 0.223 e. The molecule has 0 aliphatic carbocycles. The summed E-state index contributed by atoms with van der Waals surface area (Å²) in [6.45, 7) is 5.14. The van der Waals surface area contributed by atoms with E-state index in [0.717, 1.165) is 18.7 Å². The van der Waals surface area contributed by atoms with Gasteiger partial charge in [0.2, 0.25) is 5.43 Å². The topological polar surface area (TPSA) is 42.2 Å². The molecule has 24 heavy (non-hydrogen) atoms. The van der Waals surface area contributed by atoms with Crippen molar-refractivity contribution in [3.63, 3.8) is 0 Å². The zero-order valence-corrected chi connectivity index (χ0v) is 15.9. The molecule has 1 aromatic heterocycles. The second kappa shape index (κ2) is 13.1. The number of pyridine rings is 1. The van der Waals surface area contributed by atoms with Crippen LogP contribution in [0.2, 0.25) is 0 Å². The Hall–Kier alpha value is -1.25. The van der Waals surface area contributed by atoms with Gasteiger partial charge < -0.3 is 9.67 Å². The zero-order valence-electron chi connectivity index (χ0n) is 15.9. The fourth-order valence-electron chi connectivity index (χ4n) is 3.31. The van der Waals surface area contributed by atoms with Gasteiger partial charge in [-0.05, 0) is 12.8 Å². The third-order valence-corrected chi connectivity index (χ3v) is 4.85. The summed E-state index contributed by atoms with van der Waals surface area (Å²) < 4.78 is 2.03. The maximum absolute atomic E-state index is 11.5. The highest BCUT2D eigenvalue weighted by molar-refractivity contribution is 5.26. The lowest BCUT2D eigenvalue weighted by molar-refractivity contribution is 0.444. The summed E-state index contributed by atoms with van der Waals surface area (Å²) in [6, 6.07) is 1.47. The van der Waals surface area contributed by atoms with Crippen molar-refractivity contribution >= 4 is 0 Å². The van der Waals surface area contributed by atoms with E-state index < -0.39 is 0 Å². The maximum Gasteiger partial charge on any atom is 0.223 e. The largest absolute Gasteiger partial charge is 0.503 e. The zero-order chi connectivity index (χ0) is 17.6. The van der Waals surface area contributed by atoms with Crippen LogP contribution in [0.1, 0.15) is 96.6 Å². The van der Waals surface area contributed by atoms with Gasteiger partial charge in [-0.15, -0.1) is 0 Å². The van der Waals surface area contributed by atoms with Crippen molar-refractivity contribution in [3.05, 3.63) is 28.2 Å². The number of unbranched alkanes of at least 4 members (excludes halogenated alkanes) is 11. The van der Waals surface area contributed by atoms with Crippen molar-refractivity contribution in [1.82, 2.24) is 4.57 Å². The van der Waals surface area contributed by atoms with Crippen LogP contribution in [0.25, 0.3) is 0 Å². The molecule has 0 radical (unpaired) electrons. The Balaban J connectivity index is 2.05. The molecule has 138 valence electrons.